The number of rotatable bonds is 7. The number of hydrogen-bond donors (Lipinski definition) is 0. The highest BCUT2D eigenvalue weighted by atomic mass is 16.6. The molecule has 0 aromatic heterocycles. The lowest BCUT2D eigenvalue weighted by atomic mass is 9.84. The predicted octanol–water partition coefficient (Wildman–Crippen LogP) is 4.77. The molecule has 156 valence electrons. The Kier molecular flexibility index (Phi) is 6.11. The Bertz CT molecular complexity index is 988. The molecule has 0 saturated carbocycles. The Morgan fingerprint density at radius 1 is 1.00 bits per heavy atom. The van der Waals surface area contributed by atoms with Gasteiger partial charge in [-0.1, -0.05) is 57.3 Å². The van der Waals surface area contributed by atoms with E-state index in [-0.39, 0.29) is 18.6 Å². The average molecular weight is 405 g/mol. The van der Waals surface area contributed by atoms with Gasteiger partial charge < -0.3 is 14.4 Å². The zero-order valence-corrected chi connectivity index (χ0v) is 17.7. The molecular formula is C25H27NO4. The van der Waals surface area contributed by atoms with Gasteiger partial charge in [0.05, 0.1) is 5.56 Å². The second-order valence-corrected chi connectivity index (χ2v) is 7.92. The van der Waals surface area contributed by atoms with Crippen LogP contribution in [-0.2, 0) is 26.2 Å². The molecule has 0 saturated heterocycles. The van der Waals surface area contributed by atoms with Crippen LogP contribution in [0.4, 0.5) is 5.69 Å². The first-order valence-corrected chi connectivity index (χ1v) is 9.87. The number of ether oxygens (including phenoxy) is 2. The molecule has 0 unspecified atom stereocenters. The van der Waals surface area contributed by atoms with Crippen molar-refractivity contribution >= 4 is 17.6 Å². The molecular weight excluding hydrogens is 378 g/mol. The summed E-state index contributed by atoms with van der Waals surface area (Å²) in [4.78, 5) is 25.7. The third-order valence-electron chi connectivity index (χ3n) is 5.34. The molecule has 0 atom stereocenters. The molecule has 0 fully saturated rings. The molecule has 3 rings (SSSR count). The fraction of sp³-hybridized carbons (Fsp3) is 0.280. The van der Waals surface area contributed by atoms with Crippen LogP contribution in [0.1, 0.15) is 42.3 Å². The van der Waals surface area contributed by atoms with E-state index in [2.05, 4.69) is 50.1 Å². The molecule has 1 heterocycles. The molecule has 0 spiro atoms. The summed E-state index contributed by atoms with van der Waals surface area (Å²) >= 11 is 0. The van der Waals surface area contributed by atoms with Crippen LogP contribution in [0.5, 0.6) is 0 Å². The van der Waals surface area contributed by atoms with Crippen molar-refractivity contribution in [1.82, 2.24) is 0 Å². The van der Waals surface area contributed by atoms with E-state index in [0.29, 0.717) is 17.7 Å². The molecule has 0 bridgehead atoms. The van der Waals surface area contributed by atoms with Gasteiger partial charge in [-0.15, -0.1) is 0 Å². The highest BCUT2D eigenvalue weighted by molar-refractivity contribution is 5.89. The van der Waals surface area contributed by atoms with Crippen LogP contribution in [0, 0.1) is 0 Å². The van der Waals surface area contributed by atoms with E-state index in [9.17, 15) is 9.59 Å². The molecule has 5 heteroatoms. The maximum absolute atomic E-state index is 12.2. The Morgan fingerprint density at radius 3 is 2.30 bits per heavy atom. The summed E-state index contributed by atoms with van der Waals surface area (Å²) in [6.07, 6.45) is 0. The van der Waals surface area contributed by atoms with Crippen molar-refractivity contribution in [3.63, 3.8) is 0 Å². The zero-order chi connectivity index (χ0) is 21.9. The predicted molar refractivity (Wildman–Crippen MR) is 117 cm³/mol. The van der Waals surface area contributed by atoms with Crippen molar-refractivity contribution in [3.05, 3.63) is 89.6 Å². The zero-order valence-electron chi connectivity index (χ0n) is 17.7. The number of carbonyl (C=O) groups excluding carboxylic acids is 2. The van der Waals surface area contributed by atoms with E-state index in [1.54, 1.807) is 19.1 Å². The second kappa shape index (κ2) is 8.57. The number of nitrogens with zero attached hydrogens (tertiary/aromatic N) is 1. The van der Waals surface area contributed by atoms with Crippen molar-refractivity contribution in [2.75, 3.05) is 18.1 Å². The summed E-state index contributed by atoms with van der Waals surface area (Å²) in [7, 11) is 0. The number of para-hydroxylation sites is 1. The maximum Gasteiger partial charge on any atom is 0.338 e. The average Bonchev–Trinajstić information content (AvgIpc) is 2.92. The van der Waals surface area contributed by atoms with Crippen molar-refractivity contribution in [2.45, 2.75) is 32.7 Å². The highest BCUT2D eigenvalue weighted by Gasteiger charge is 2.38. The quantitative estimate of drug-likeness (QED) is 0.377. The second-order valence-electron chi connectivity index (χ2n) is 7.92. The minimum atomic E-state index is -0.497. The molecule has 2 aromatic carbocycles. The minimum absolute atomic E-state index is 0.000919. The Hall–Kier alpha value is -3.34. The Balaban J connectivity index is 1.60. The summed E-state index contributed by atoms with van der Waals surface area (Å²) in [6, 6.07) is 15.7. The van der Waals surface area contributed by atoms with Gasteiger partial charge in [-0.25, -0.2) is 9.59 Å². The topological polar surface area (TPSA) is 55.8 Å². The minimum Gasteiger partial charge on any atom is -0.459 e. The first-order valence-electron chi connectivity index (χ1n) is 9.87. The lowest BCUT2D eigenvalue weighted by Crippen LogP contribution is -2.24. The van der Waals surface area contributed by atoms with Crippen molar-refractivity contribution in [1.29, 1.82) is 0 Å². The van der Waals surface area contributed by atoms with E-state index in [4.69, 9.17) is 9.47 Å². The van der Waals surface area contributed by atoms with Gasteiger partial charge in [-0.2, -0.15) is 0 Å². The van der Waals surface area contributed by atoms with Crippen molar-refractivity contribution in [2.24, 2.45) is 0 Å². The Labute approximate surface area is 177 Å². The van der Waals surface area contributed by atoms with Crippen LogP contribution < -0.4 is 4.90 Å². The molecule has 30 heavy (non-hydrogen) atoms. The number of carbonyl (C=O) groups is 2. The van der Waals surface area contributed by atoms with Crippen LogP contribution in [0.3, 0.4) is 0 Å². The fourth-order valence-corrected chi connectivity index (χ4v) is 3.46. The first kappa shape index (κ1) is 21.4. The lowest BCUT2D eigenvalue weighted by Gasteiger charge is -2.26. The van der Waals surface area contributed by atoms with E-state index < -0.39 is 11.9 Å². The van der Waals surface area contributed by atoms with Gasteiger partial charge >= 0.3 is 11.9 Å². The standard InChI is InChI=1S/C25H27NO4/c1-17(2)23(27)29-14-15-30-24(28)20-12-10-19(11-13-20)16-26-18(3)25(4,5)21-8-6-7-9-22(21)26/h6-13H,1,3,14-16H2,2,4-5H3. The highest BCUT2D eigenvalue weighted by Crippen LogP contribution is 2.47. The summed E-state index contributed by atoms with van der Waals surface area (Å²) in [6.45, 7) is 14.4. The Morgan fingerprint density at radius 2 is 1.63 bits per heavy atom. The van der Waals surface area contributed by atoms with Gasteiger partial charge in [0.15, 0.2) is 0 Å². The molecule has 0 radical (unpaired) electrons. The summed E-state index contributed by atoms with van der Waals surface area (Å²) in [5.74, 6) is -0.950. The third-order valence-corrected chi connectivity index (χ3v) is 5.34. The van der Waals surface area contributed by atoms with E-state index in [1.165, 1.54) is 11.3 Å². The summed E-state index contributed by atoms with van der Waals surface area (Å²) < 4.78 is 10.1. The molecule has 1 aliphatic rings. The molecule has 0 N–H and O–H groups in total. The van der Waals surface area contributed by atoms with Gasteiger partial charge in [0.25, 0.3) is 0 Å². The SMILES string of the molecule is C=C(C)C(=O)OCCOC(=O)c1ccc(CN2C(=C)C(C)(C)c3ccccc32)cc1. The molecule has 0 amide bonds. The summed E-state index contributed by atoms with van der Waals surface area (Å²) in [5, 5.41) is 0. The van der Waals surface area contributed by atoms with E-state index in [0.717, 1.165) is 11.3 Å². The van der Waals surface area contributed by atoms with E-state index >= 15 is 0 Å². The van der Waals surface area contributed by atoms with Crippen molar-refractivity contribution in [3.8, 4) is 0 Å². The number of anilines is 1. The first-order chi connectivity index (χ1) is 14.2. The summed E-state index contributed by atoms with van der Waals surface area (Å²) in [5.41, 5.74) is 5.19. The van der Waals surface area contributed by atoms with Crippen LogP contribution in [0.15, 0.2) is 73.0 Å². The number of allylic oxidation sites excluding steroid dienone is 1. The molecule has 2 aromatic rings. The van der Waals surface area contributed by atoms with Crippen LogP contribution >= 0.6 is 0 Å². The van der Waals surface area contributed by atoms with E-state index in [1.807, 2.05) is 18.2 Å². The number of fused-ring (bicyclic) bond motifs is 1. The van der Waals surface area contributed by atoms with Gasteiger partial charge in [-0.05, 0) is 36.2 Å². The number of hydrogen-bond acceptors (Lipinski definition) is 5. The number of esters is 2. The monoisotopic (exact) mass is 405 g/mol. The van der Waals surface area contributed by atoms with Crippen LogP contribution in [0.2, 0.25) is 0 Å². The number of benzene rings is 2. The van der Waals surface area contributed by atoms with Gasteiger partial charge in [0.2, 0.25) is 0 Å². The third kappa shape index (κ3) is 4.30. The maximum atomic E-state index is 12.2. The molecule has 1 aliphatic heterocycles. The normalized spacial score (nSPS) is 14.2. The van der Waals surface area contributed by atoms with Gasteiger partial charge in [-0.3, -0.25) is 0 Å². The molecule has 0 aliphatic carbocycles. The largest absolute Gasteiger partial charge is 0.459 e. The van der Waals surface area contributed by atoms with Gasteiger partial charge in [0, 0.05) is 28.9 Å². The molecule has 5 nitrogen and oxygen atoms in total. The van der Waals surface area contributed by atoms with Crippen LogP contribution in [0.25, 0.3) is 0 Å². The smallest absolute Gasteiger partial charge is 0.338 e. The van der Waals surface area contributed by atoms with Gasteiger partial charge in [0.1, 0.15) is 13.2 Å². The van der Waals surface area contributed by atoms with Crippen molar-refractivity contribution < 1.29 is 19.1 Å². The fourth-order valence-electron chi connectivity index (χ4n) is 3.46. The lowest BCUT2D eigenvalue weighted by molar-refractivity contribution is -0.140. The van der Waals surface area contributed by atoms with Crippen LogP contribution in [-0.4, -0.2) is 25.2 Å².